The highest BCUT2D eigenvalue weighted by atomic mass is 16.5. The van der Waals surface area contributed by atoms with Crippen LogP contribution >= 0.6 is 0 Å². The van der Waals surface area contributed by atoms with Gasteiger partial charge in [-0.3, -0.25) is 4.79 Å². The van der Waals surface area contributed by atoms with E-state index in [-0.39, 0.29) is 0 Å². The fourth-order valence-electron chi connectivity index (χ4n) is 2.77. The van der Waals surface area contributed by atoms with Crippen LogP contribution in [-0.2, 0) is 6.54 Å². The molecule has 0 atom stereocenters. The third-order valence-electron chi connectivity index (χ3n) is 3.87. The minimum Gasteiger partial charge on any atom is -0.491 e. The molecule has 0 aliphatic heterocycles. The standard InChI is InChI=1S/C19H19NO2/c1-14-7-8-19(15(2)11-14)22-10-9-20-12-16(13-21)17-5-3-4-6-18(17)20/h3-8,11-13H,9-10H2,1-2H3. The number of rotatable bonds is 5. The van der Waals surface area contributed by atoms with Gasteiger partial charge in [-0.1, -0.05) is 35.9 Å². The lowest BCUT2D eigenvalue weighted by molar-refractivity contribution is 0.112. The summed E-state index contributed by atoms with van der Waals surface area (Å²) in [5.74, 6) is 0.915. The smallest absolute Gasteiger partial charge is 0.152 e. The second-order valence-corrected chi connectivity index (χ2v) is 5.53. The molecule has 0 saturated carbocycles. The van der Waals surface area contributed by atoms with Crippen molar-refractivity contribution in [2.24, 2.45) is 0 Å². The minimum absolute atomic E-state index is 0.570. The first-order chi connectivity index (χ1) is 10.7. The third kappa shape index (κ3) is 2.75. The van der Waals surface area contributed by atoms with E-state index in [1.165, 1.54) is 5.56 Å². The maximum atomic E-state index is 11.2. The summed E-state index contributed by atoms with van der Waals surface area (Å²) >= 11 is 0. The number of ether oxygens (including phenoxy) is 1. The van der Waals surface area contributed by atoms with Crippen molar-refractivity contribution < 1.29 is 9.53 Å². The maximum absolute atomic E-state index is 11.2. The zero-order valence-electron chi connectivity index (χ0n) is 12.9. The van der Waals surface area contributed by atoms with Gasteiger partial charge < -0.3 is 9.30 Å². The van der Waals surface area contributed by atoms with Gasteiger partial charge in [0, 0.05) is 22.7 Å². The van der Waals surface area contributed by atoms with Crippen LogP contribution in [0.3, 0.4) is 0 Å². The molecule has 0 N–H and O–H groups in total. The van der Waals surface area contributed by atoms with Crippen LogP contribution in [0.1, 0.15) is 21.5 Å². The van der Waals surface area contributed by atoms with Crippen LogP contribution in [0.4, 0.5) is 0 Å². The van der Waals surface area contributed by atoms with Gasteiger partial charge in [-0.25, -0.2) is 0 Å². The quantitative estimate of drug-likeness (QED) is 0.662. The largest absolute Gasteiger partial charge is 0.491 e. The summed E-state index contributed by atoms with van der Waals surface area (Å²) in [7, 11) is 0. The number of nitrogens with zero attached hydrogens (tertiary/aromatic N) is 1. The van der Waals surface area contributed by atoms with Crippen molar-refractivity contribution in [3.63, 3.8) is 0 Å². The Morgan fingerprint density at radius 2 is 1.95 bits per heavy atom. The van der Waals surface area contributed by atoms with Gasteiger partial charge in [0.2, 0.25) is 0 Å². The molecule has 1 aromatic heterocycles. The first-order valence-electron chi connectivity index (χ1n) is 7.42. The Morgan fingerprint density at radius 3 is 2.73 bits per heavy atom. The monoisotopic (exact) mass is 293 g/mol. The lowest BCUT2D eigenvalue weighted by Crippen LogP contribution is -2.07. The predicted molar refractivity (Wildman–Crippen MR) is 88.7 cm³/mol. The molecule has 3 aromatic rings. The van der Waals surface area contributed by atoms with Crippen molar-refractivity contribution in [3.8, 4) is 5.75 Å². The van der Waals surface area contributed by atoms with Gasteiger partial charge in [0.25, 0.3) is 0 Å². The second-order valence-electron chi connectivity index (χ2n) is 5.53. The number of aromatic nitrogens is 1. The van der Waals surface area contributed by atoms with E-state index in [2.05, 4.69) is 30.5 Å². The maximum Gasteiger partial charge on any atom is 0.152 e. The molecule has 3 rings (SSSR count). The van der Waals surface area contributed by atoms with E-state index in [1.54, 1.807) is 0 Å². The molecule has 0 saturated heterocycles. The van der Waals surface area contributed by atoms with E-state index in [4.69, 9.17) is 4.74 Å². The Bertz CT molecular complexity index is 817. The summed E-state index contributed by atoms with van der Waals surface area (Å²) in [6.07, 6.45) is 2.80. The van der Waals surface area contributed by atoms with E-state index in [9.17, 15) is 4.79 Å². The molecule has 3 nitrogen and oxygen atoms in total. The van der Waals surface area contributed by atoms with Crippen LogP contribution in [0.5, 0.6) is 5.75 Å². The Kier molecular flexibility index (Phi) is 3.96. The highest BCUT2D eigenvalue weighted by Crippen LogP contribution is 2.21. The Hall–Kier alpha value is -2.55. The number of hydrogen-bond donors (Lipinski definition) is 0. The average molecular weight is 293 g/mol. The van der Waals surface area contributed by atoms with Crippen molar-refractivity contribution in [3.05, 3.63) is 65.4 Å². The zero-order chi connectivity index (χ0) is 15.5. The van der Waals surface area contributed by atoms with Crippen LogP contribution in [0.2, 0.25) is 0 Å². The van der Waals surface area contributed by atoms with Gasteiger partial charge in [-0.15, -0.1) is 0 Å². The molecule has 0 radical (unpaired) electrons. The Morgan fingerprint density at radius 1 is 1.14 bits per heavy atom. The van der Waals surface area contributed by atoms with Crippen molar-refractivity contribution in [2.75, 3.05) is 6.61 Å². The number of aryl methyl sites for hydroxylation is 2. The third-order valence-corrected chi connectivity index (χ3v) is 3.87. The highest BCUT2D eigenvalue weighted by Gasteiger charge is 2.07. The molecule has 3 heteroatoms. The molecule has 0 bridgehead atoms. The average Bonchev–Trinajstić information content (AvgIpc) is 2.88. The summed E-state index contributed by atoms with van der Waals surface area (Å²) in [5.41, 5.74) is 4.17. The molecular formula is C19H19NO2. The summed E-state index contributed by atoms with van der Waals surface area (Å²) in [6, 6.07) is 14.1. The van der Waals surface area contributed by atoms with Crippen LogP contribution < -0.4 is 4.74 Å². The molecule has 1 heterocycles. The fraction of sp³-hybridized carbons (Fsp3) is 0.211. The molecule has 0 fully saturated rings. The first-order valence-corrected chi connectivity index (χ1v) is 7.42. The molecule has 0 aliphatic rings. The lowest BCUT2D eigenvalue weighted by Gasteiger charge is -2.11. The van der Waals surface area contributed by atoms with E-state index in [0.717, 1.165) is 34.1 Å². The molecule has 0 unspecified atom stereocenters. The topological polar surface area (TPSA) is 31.2 Å². The number of benzene rings is 2. The Labute approximate surface area is 130 Å². The number of carbonyl (C=O) groups excluding carboxylic acids is 1. The van der Waals surface area contributed by atoms with Crippen molar-refractivity contribution >= 4 is 17.2 Å². The molecule has 2 aromatic carbocycles. The van der Waals surface area contributed by atoms with Gasteiger partial charge >= 0.3 is 0 Å². The van der Waals surface area contributed by atoms with Gasteiger partial charge in [-0.2, -0.15) is 0 Å². The number of hydrogen-bond acceptors (Lipinski definition) is 2. The normalized spacial score (nSPS) is 10.8. The lowest BCUT2D eigenvalue weighted by atomic mass is 10.1. The molecule has 0 aliphatic carbocycles. The van der Waals surface area contributed by atoms with E-state index in [0.29, 0.717) is 13.2 Å². The number of fused-ring (bicyclic) bond motifs is 1. The summed E-state index contributed by atoms with van der Waals surface area (Å²) in [5, 5.41) is 0.990. The molecular weight excluding hydrogens is 274 g/mol. The van der Waals surface area contributed by atoms with E-state index in [1.807, 2.05) is 36.5 Å². The first kappa shape index (κ1) is 14.4. The number of aldehydes is 1. The zero-order valence-corrected chi connectivity index (χ0v) is 12.9. The van der Waals surface area contributed by atoms with Gasteiger partial charge in [0.15, 0.2) is 6.29 Å². The van der Waals surface area contributed by atoms with Crippen LogP contribution in [-0.4, -0.2) is 17.5 Å². The van der Waals surface area contributed by atoms with E-state index < -0.39 is 0 Å². The number of carbonyl (C=O) groups is 1. The van der Waals surface area contributed by atoms with Crippen LogP contribution in [0, 0.1) is 13.8 Å². The summed E-state index contributed by atoms with van der Waals surface area (Å²) in [4.78, 5) is 11.2. The summed E-state index contributed by atoms with van der Waals surface area (Å²) < 4.78 is 7.95. The van der Waals surface area contributed by atoms with Crippen molar-refractivity contribution in [2.45, 2.75) is 20.4 Å². The second kappa shape index (κ2) is 6.06. The number of para-hydroxylation sites is 1. The van der Waals surface area contributed by atoms with Crippen LogP contribution in [0.15, 0.2) is 48.7 Å². The predicted octanol–water partition coefficient (Wildman–Crippen LogP) is 4.15. The molecule has 112 valence electrons. The van der Waals surface area contributed by atoms with Crippen molar-refractivity contribution in [1.29, 1.82) is 0 Å². The molecule has 0 spiro atoms. The van der Waals surface area contributed by atoms with Crippen LogP contribution in [0.25, 0.3) is 10.9 Å². The molecule has 0 amide bonds. The fourth-order valence-corrected chi connectivity index (χ4v) is 2.77. The van der Waals surface area contributed by atoms with Gasteiger partial charge in [0.05, 0.1) is 6.54 Å². The van der Waals surface area contributed by atoms with Crippen molar-refractivity contribution in [1.82, 2.24) is 4.57 Å². The summed E-state index contributed by atoms with van der Waals surface area (Å²) in [6.45, 7) is 5.41. The van der Waals surface area contributed by atoms with E-state index >= 15 is 0 Å². The Balaban J connectivity index is 1.75. The molecule has 22 heavy (non-hydrogen) atoms. The van der Waals surface area contributed by atoms with Gasteiger partial charge in [-0.05, 0) is 31.5 Å². The highest BCUT2D eigenvalue weighted by molar-refractivity contribution is 5.97. The van der Waals surface area contributed by atoms with Gasteiger partial charge in [0.1, 0.15) is 12.4 Å². The minimum atomic E-state index is 0.570. The SMILES string of the molecule is Cc1ccc(OCCn2cc(C=O)c3ccccc32)c(C)c1.